The topological polar surface area (TPSA) is 78.9 Å². The van der Waals surface area contributed by atoms with Gasteiger partial charge in [0.2, 0.25) is 5.91 Å². The molecule has 1 aliphatic heterocycles. The van der Waals surface area contributed by atoms with Crippen molar-refractivity contribution in [2.24, 2.45) is 0 Å². The number of methoxy groups -OCH3 is 1. The maximum atomic E-state index is 12.1. The number of aliphatic carboxylic acids is 1. The molecule has 1 unspecified atom stereocenters. The lowest BCUT2D eigenvalue weighted by Crippen LogP contribution is -2.48. The zero-order valence-electron chi connectivity index (χ0n) is 13.5. The van der Waals surface area contributed by atoms with E-state index >= 15 is 0 Å². The summed E-state index contributed by atoms with van der Waals surface area (Å²) in [6, 6.07) is 7.31. The van der Waals surface area contributed by atoms with Crippen molar-refractivity contribution in [3.8, 4) is 0 Å². The minimum absolute atomic E-state index is 0.138. The molecule has 0 bridgehead atoms. The largest absolute Gasteiger partial charge is 0.480 e. The molecule has 1 aliphatic rings. The van der Waals surface area contributed by atoms with E-state index in [1.165, 1.54) is 0 Å². The average molecular weight is 320 g/mol. The Balaban J connectivity index is 1.81. The van der Waals surface area contributed by atoms with Crippen molar-refractivity contribution in [2.45, 2.75) is 38.5 Å². The van der Waals surface area contributed by atoms with Gasteiger partial charge in [-0.15, -0.1) is 0 Å². The summed E-state index contributed by atoms with van der Waals surface area (Å²) in [6.07, 6.45) is 2.46. The first-order valence-electron chi connectivity index (χ1n) is 7.90. The van der Waals surface area contributed by atoms with Crippen LogP contribution in [-0.4, -0.2) is 48.1 Å². The van der Waals surface area contributed by atoms with E-state index in [1.807, 2.05) is 24.3 Å². The number of likely N-dealkylation sites (tertiary alicyclic amines) is 1. The lowest BCUT2D eigenvalue weighted by Gasteiger charge is -2.32. The van der Waals surface area contributed by atoms with Crippen molar-refractivity contribution in [3.05, 3.63) is 35.4 Å². The van der Waals surface area contributed by atoms with Crippen molar-refractivity contribution in [3.63, 3.8) is 0 Å². The second kappa shape index (κ2) is 8.64. The average Bonchev–Trinajstić information content (AvgIpc) is 2.55. The Morgan fingerprint density at radius 1 is 1.26 bits per heavy atom. The second-order valence-corrected chi connectivity index (χ2v) is 5.85. The SMILES string of the molecule is COCc1ccc(CNC(=O)CN2CCCCC2C(=O)O)cc1. The molecule has 126 valence electrons. The molecular formula is C17H24N2O4. The molecule has 1 heterocycles. The molecule has 2 rings (SSSR count). The number of benzene rings is 1. The summed E-state index contributed by atoms with van der Waals surface area (Å²) >= 11 is 0. The second-order valence-electron chi connectivity index (χ2n) is 5.85. The third-order valence-electron chi connectivity index (χ3n) is 4.07. The van der Waals surface area contributed by atoms with E-state index in [1.54, 1.807) is 12.0 Å². The van der Waals surface area contributed by atoms with Crippen LogP contribution in [-0.2, 0) is 27.5 Å². The molecule has 0 aromatic heterocycles. The van der Waals surface area contributed by atoms with Crippen LogP contribution in [0.3, 0.4) is 0 Å². The van der Waals surface area contributed by atoms with Gasteiger partial charge in [0.05, 0.1) is 13.2 Å². The number of amides is 1. The number of ether oxygens (including phenoxy) is 1. The van der Waals surface area contributed by atoms with Gasteiger partial charge in [0, 0.05) is 13.7 Å². The van der Waals surface area contributed by atoms with Crippen LogP contribution in [0.5, 0.6) is 0 Å². The van der Waals surface area contributed by atoms with Crippen molar-refractivity contribution in [1.82, 2.24) is 10.2 Å². The van der Waals surface area contributed by atoms with Crippen LogP contribution in [0.1, 0.15) is 30.4 Å². The highest BCUT2D eigenvalue weighted by molar-refractivity contribution is 5.80. The van der Waals surface area contributed by atoms with E-state index in [4.69, 9.17) is 4.74 Å². The van der Waals surface area contributed by atoms with Crippen molar-refractivity contribution >= 4 is 11.9 Å². The number of hydrogen-bond acceptors (Lipinski definition) is 4. The summed E-state index contributed by atoms with van der Waals surface area (Å²) < 4.78 is 5.06. The number of carboxylic acids is 1. The number of hydrogen-bond donors (Lipinski definition) is 2. The minimum Gasteiger partial charge on any atom is -0.480 e. The molecule has 1 saturated heterocycles. The quantitative estimate of drug-likeness (QED) is 0.794. The van der Waals surface area contributed by atoms with E-state index in [2.05, 4.69) is 5.32 Å². The first-order valence-corrected chi connectivity index (χ1v) is 7.90. The molecule has 0 spiro atoms. The number of carboxylic acid groups (broad SMARTS) is 1. The third kappa shape index (κ3) is 5.33. The number of carbonyl (C=O) groups excluding carboxylic acids is 1. The van der Waals surface area contributed by atoms with Crippen LogP contribution in [0.4, 0.5) is 0 Å². The van der Waals surface area contributed by atoms with Gasteiger partial charge >= 0.3 is 5.97 Å². The molecule has 1 aromatic carbocycles. The standard InChI is InChI=1S/C17H24N2O4/c1-23-12-14-7-5-13(6-8-14)10-18-16(20)11-19-9-3-2-4-15(19)17(21)22/h5-8,15H,2-4,9-12H2,1H3,(H,18,20)(H,21,22). The van der Waals surface area contributed by atoms with E-state index < -0.39 is 12.0 Å². The summed E-state index contributed by atoms with van der Waals surface area (Å²) in [7, 11) is 1.65. The van der Waals surface area contributed by atoms with Crippen molar-refractivity contribution in [1.29, 1.82) is 0 Å². The van der Waals surface area contributed by atoms with Gasteiger partial charge in [0.1, 0.15) is 6.04 Å². The van der Waals surface area contributed by atoms with Gasteiger partial charge in [0.25, 0.3) is 0 Å². The summed E-state index contributed by atoms with van der Waals surface area (Å²) in [5.74, 6) is -0.981. The van der Waals surface area contributed by atoms with Crippen molar-refractivity contribution < 1.29 is 19.4 Å². The van der Waals surface area contributed by atoms with Crippen LogP contribution in [0, 0.1) is 0 Å². The Bertz CT molecular complexity index is 530. The highest BCUT2D eigenvalue weighted by atomic mass is 16.5. The first kappa shape index (κ1) is 17.4. The molecule has 1 amide bonds. The summed E-state index contributed by atoms with van der Waals surface area (Å²) in [5.41, 5.74) is 2.09. The lowest BCUT2D eigenvalue weighted by molar-refractivity contribution is -0.145. The number of carbonyl (C=O) groups is 2. The molecule has 6 nitrogen and oxygen atoms in total. The van der Waals surface area contributed by atoms with Gasteiger partial charge in [-0.05, 0) is 30.5 Å². The number of rotatable bonds is 7. The van der Waals surface area contributed by atoms with E-state index in [9.17, 15) is 14.7 Å². The smallest absolute Gasteiger partial charge is 0.320 e. The Morgan fingerprint density at radius 3 is 2.61 bits per heavy atom. The lowest BCUT2D eigenvalue weighted by atomic mass is 10.0. The van der Waals surface area contributed by atoms with Crippen LogP contribution >= 0.6 is 0 Å². The fourth-order valence-electron chi connectivity index (χ4n) is 2.82. The molecular weight excluding hydrogens is 296 g/mol. The Labute approximate surface area is 136 Å². The normalized spacial score (nSPS) is 18.6. The van der Waals surface area contributed by atoms with Gasteiger partial charge in [-0.2, -0.15) is 0 Å². The highest BCUT2D eigenvalue weighted by Crippen LogP contribution is 2.16. The Morgan fingerprint density at radius 2 is 1.96 bits per heavy atom. The van der Waals surface area contributed by atoms with Crippen LogP contribution < -0.4 is 5.32 Å². The monoisotopic (exact) mass is 320 g/mol. The van der Waals surface area contributed by atoms with Gasteiger partial charge in [-0.1, -0.05) is 30.7 Å². The van der Waals surface area contributed by atoms with Gasteiger partial charge in [-0.3, -0.25) is 14.5 Å². The molecule has 2 N–H and O–H groups in total. The molecule has 1 atom stereocenters. The summed E-state index contributed by atoms with van der Waals surface area (Å²) in [6.45, 7) is 1.81. The van der Waals surface area contributed by atoms with Crippen LogP contribution in [0.25, 0.3) is 0 Å². The highest BCUT2D eigenvalue weighted by Gasteiger charge is 2.29. The number of piperidine rings is 1. The Kier molecular flexibility index (Phi) is 6.55. The number of nitrogens with one attached hydrogen (secondary N) is 1. The van der Waals surface area contributed by atoms with Gasteiger partial charge in [-0.25, -0.2) is 0 Å². The van der Waals surface area contributed by atoms with E-state index in [0.29, 0.717) is 26.1 Å². The zero-order chi connectivity index (χ0) is 16.7. The molecule has 0 aliphatic carbocycles. The Hall–Kier alpha value is -1.92. The summed E-state index contributed by atoms with van der Waals surface area (Å²) in [4.78, 5) is 25.0. The van der Waals surface area contributed by atoms with E-state index in [0.717, 1.165) is 24.0 Å². The van der Waals surface area contributed by atoms with Crippen LogP contribution in [0.2, 0.25) is 0 Å². The molecule has 1 fully saturated rings. The predicted octanol–water partition coefficient (Wildman–Crippen LogP) is 1.39. The van der Waals surface area contributed by atoms with Gasteiger partial charge in [0.15, 0.2) is 0 Å². The zero-order valence-corrected chi connectivity index (χ0v) is 13.5. The fourth-order valence-corrected chi connectivity index (χ4v) is 2.82. The first-order chi connectivity index (χ1) is 11.1. The van der Waals surface area contributed by atoms with Crippen LogP contribution in [0.15, 0.2) is 24.3 Å². The number of nitrogens with zero attached hydrogens (tertiary/aromatic N) is 1. The molecule has 0 saturated carbocycles. The summed E-state index contributed by atoms with van der Waals surface area (Å²) in [5, 5.41) is 12.1. The molecule has 6 heteroatoms. The van der Waals surface area contributed by atoms with Crippen molar-refractivity contribution in [2.75, 3.05) is 20.2 Å². The predicted molar refractivity (Wildman–Crippen MR) is 85.8 cm³/mol. The molecule has 1 aromatic rings. The van der Waals surface area contributed by atoms with Gasteiger partial charge < -0.3 is 15.2 Å². The third-order valence-corrected chi connectivity index (χ3v) is 4.07. The molecule has 0 radical (unpaired) electrons. The maximum absolute atomic E-state index is 12.1. The minimum atomic E-state index is -0.841. The fraction of sp³-hybridized carbons (Fsp3) is 0.529. The van der Waals surface area contributed by atoms with E-state index in [-0.39, 0.29) is 12.5 Å². The maximum Gasteiger partial charge on any atom is 0.320 e. The molecule has 23 heavy (non-hydrogen) atoms.